The zero-order valence-electron chi connectivity index (χ0n) is 17.1. The number of nitrogens with one attached hydrogen (secondary N) is 2. The number of piperidine rings is 1. The van der Waals surface area contributed by atoms with Gasteiger partial charge in [-0.25, -0.2) is 4.98 Å². The van der Waals surface area contributed by atoms with Crippen molar-refractivity contribution in [3.63, 3.8) is 0 Å². The summed E-state index contributed by atoms with van der Waals surface area (Å²) in [6.07, 6.45) is 4.11. The van der Waals surface area contributed by atoms with Gasteiger partial charge in [0.15, 0.2) is 0 Å². The molecule has 0 saturated carbocycles. The first-order valence-electron chi connectivity index (χ1n) is 10.2. The molecule has 160 valence electrons. The van der Waals surface area contributed by atoms with Crippen LogP contribution < -0.4 is 15.4 Å². The number of hydrogen-bond donors (Lipinski definition) is 2. The van der Waals surface area contributed by atoms with Crippen molar-refractivity contribution < 1.29 is 14.3 Å². The first-order valence-corrected chi connectivity index (χ1v) is 11.0. The van der Waals surface area contributed by atoms with Gasteiger partial charge in [0.2, 0.25) is 11.8 Å². The van der Waals surface area contributed by atoms with Crippen LogP contribution in [0.5, 0.6) is 11.6 Å². The minimum absolute atomic E-state index is 0.0656. The Balaban J connectivity index is 1.44. The van der Waals surface area contributed by atoms with E-state index in [0.29, 0.717) is 30.3 Å². The van der Waals surface area contributed by atoms with Gasteiger partial charge in [-0.3, -0.25) is 14.5 Å². The molecule has 1 saturated heterocycles. The normalized spacial score (nSPS) is 14.9. The number of benzene rings is 1. The number of likely N-dealkylation sites (tertiary alicyclic amines) is 1. The summed E-state index contributed by atoms with van der Waals surface area (Å²) in [5.74, 6) is 1.04. The highest BCUT2D eigenvalue weighted by atomic mass is 79.9. The summed E-state index contributed by atoms with van der Waals surface area (Å²) in [5.41, 5.74) is 0.500. The zero-order chi connectivity index (χ0) is 21.3. The Morgan fingerprint density at radius 1 is 1.17 bits per heavy atom. The van der Waals surface area contributed by atoms with Crippen molar-refractivity contribution in [3.8, 4) is 11.6 Å². The van der Waals surface area contributed by atoms with E-state index >= 15 is 0 Å². The first-order chi connectivity index (χ1) is 14.5. The Bertz CT molecular complexity index is 834. The maximum absolute atomic E-state index is 12.5. The van der Waals surface area contributed by atoms with E-state index in [-0.39, 0.29) is 17.9 Å². The number of nitrogens with zero attached hydrogens (tertiary/aromatic N) is 2. The average molecular weight is 475 g/mol. The second-order valence-electron chi connectivity index (χ2n) is 7.31. The van der Waals surface area contributed by atoms with Gasteiger partial charge in [0.25, 0.3) is 5.91 Å². The fraction of sp³-hybridized carbons (Fsp3) is 0.409. The van der Waals surface area contributed by atoms with Gasteiger partial charge in [0, 0.05) is 42.4 Å². The van der Waals surface area contributed by atoms with Crippen molar-refractivity contribution >= 4 is 27.7 Å². The second kappa shape index (κ2) is 11.1. The molecule has 7 nitrogen and oxygen atoms in total. The molecule has 0 aliphatic carbocycles. The summed E-state index contributed by atoms with van der Waals surface area (Å²) in [6.45, 7) is 4.76. The lowest BCUT2D eigenvalue weighted by atomic mass is 10.0. The summed E-state index contributed by atoms with van der Waals surface area (Å²) in [6, 6.07) is 11.0. The van der Waals surface area contributed by atoms with Crippen molar-refractivity contribution in [1.82, 2.24) is 20.5 Å². The van der Waals surface area contributed by atoms with Crippen LogP contribution in [0.2, 0.25) is 0 Å². The summed E-state index contributed by atoms with van der Waals surface area (Å²) in [4.78, 5) is 30.7. The molecule has 1 fully saturated rings. The first kappa shape index (κ1) is 22.2. The molecule has 2 aromatic rings. The van der Waals surface area contributed by atoms with Crippen LogP contribution in [-0.4, -0.2) is 53.9 Å². The highest BCUT2D eigenvalue weighted by molar-refractivity contribution is 9.10. The van der Waals surface area contributed by atoms with Crippen LogP contribution in [0.1, 0.15) is 36.5 Å². The van der Waals surface area contributed by atoms with Gasteiger partial charge in [-0.2, -0.15) is 0 Å². The molecule has 1 aromatic carbocycles. The molecule has 2 amide bonds. The van der Waals surface area contributed by atoms with E-state index in [0.717, 1.165) is 36.8 Å². The molecule has 3 rings (SSSR count). The Hall–Kier alpha value is -2.45. The van der Waals surface area contributed by atoms with E-state index in [1.54, 1.807) is 12.1 Å². The van der Waals surface area contributed by atoms with E-state index in [9.17, 15) is 9.59 Å². The van der Waals surface area contributed by atoms with Crippen LogP contribution >= 0.6 is 15.9 Å². The van der Waals surface area contributed by atoms with Crippen molar-refractivity contribution in [2.45, 2.75) is 32.2 Å². The molecule has 1 aromatic heterocycles. The van der Waals surface area contributed by atoms with E-state index in [1.807, 2.05) is 31.2 Å². The quantitative estimate of drug-likeness (QED) is 0.612. The fourth-order valence-electron chi connectivity index (χ4n) is 3.23. The van der Waals surface area contributed by atoms with E-state index in [2.05, 4.69) is 36.4 Å². The maximum atomic E-state index is 12.5. The summed E-state index contributed by atoms with van der Waals surface area (Å²) in [5, 5.41) is 5.96. The molecule has 2 heterocycles. The molecule has 0 atom stereocenters. The molecule has 30 heavy (non-hydrogen) atoms. The van der Waals surface area contributed by atoms with Gasteiger partial charge in [-0.15, -0.1) is 0 Å². The number of rotatable bonds is 8. The third-order valence-corrected chi connectivity index (χ3v) is 5.43. The van der Waals surface area contributed by atoms with E-state index in [1.165, 1.54) is 6.20 Å². The molecular formula is C22H27BrN4O3. The van der Waals surface area contributed by atoms with Crippen molar-refractivity contribution in [2.24, 2.45) is 0 Å². The minimum atomic E-state index is -0.142. The molecule has 2 N–H and O–H groups in total. The summed E-state index contributed by atoms with van der Waals surface area (Å²) >= 11 is 3.38. The van der Waals surface area contributed by atoms with Crippen molar-refractivity contribution in [1.29, 1.82) is 0 Å². The predicted molar refractivity (Wildman–Crippen MR) is 119 cm³/mol. The van der Waals surface area contributed by atoms with E-state index in [4.69, 9.17) is 4.74 Å². The molecule has 0 spiro atoms. The number of hydrogen-bond acceptors (Lipinski definition) is 5. The summed E-state index contributed by atoms with van der Waals surface area (Å²) < 4.78 is 6.66. The van der Waals surface area contributed by atoms with E-state index < -0.39 is 0 Å². The van der Waals surface area contributed by atoms with Crippen LogP contribution in [0.25, 0.3) is 0 Å². The van der Waals surface area contributed by atoms with Gasteiger partial charge in [0.05, 0.1) is 12.1 Å². The number of ether oxygens (including phenoxy) is 1. The SMILES string of the molecule is CCCNC(=O)CN1CCC(NC(=O)c2ccc(Oc3ccc(Br)cc3)nc2)CC1. The fourth-order valence-corrected chi connectivity index (χ4v) is 3.49. The topological polar surface area (TPSA) is 83.6 Å². The zero-order valence-corrected chi connectivity index (χ0v) is 18.7. The van der Waals surface area contributed by atoms with Gasteiger partial charge >= 0.3 is 0 Å². The number of pyridine rings is 1. The molecule has 1 aliphatic heterocycles. The Morgan fingerprint density at radius 2 is 1.90 bits per heavy atom. The van der Waals surface area contributed by atoms with Crippen LogP contribution in [0.3, 0.4) is 0 Å². The third kappa shape index (κ3) is 6.81. The van der Waals surface area contributed by atoms with Crippen molar-refractivity contribution in [3.05, 3.63) is 52.6 Å². The van der Waals surface area contributed by atoms with Crippen LogP contribution in [-0.2, 0) is 4.79 Å². The number of carbonyl (C=O) groups excluding carboxylic acids is 2. The predicted octanol–water partition coefficient (Wildman–Crippen LogP) is 3.36. The van der Waals surface area contributed by atoms with Crippen LogP contribution in [0.4, 0.5) is 0 Å². The molecule has 0 unspecified atom stereocenters. The standard InChI is InChI=1S/C22H27BrN4O3/c1-2-11-24-20(28)15-27-12-9-18(10-13-27)26-22(29)16-3-8-21(25-14-16)30-19-6-4-17(23)5-7-19/h3-8,14,18H,2,9-13,15H2,1H3,(H,24,28)(H,26,29). The number of halogens is 1. The van der Waals surface area contributed by atoms with Gasteiger partial charge in [-0.1, -0.05) is 22.9 Å². The Morgan fingerprint density at radius 3 is 2.53 bits per heavy atom. The highest BCUT2D eigenvalue weighted by Crippen LogP contribution is 2.21. The largest absolute Gasteiger partial charge is 0.439 e. The number of amides is 2. The smallest absolute Gasteiger partial charge is 0.253 e. The number of aromatic nitrogens is 1. The molecule has 0 radical (unpaired) electrons. The Labute approximate surface area is 185 Å². The monoisotopic (exact) mass is 474 g/mol. The lowest BCUT2D eigenvalue weighted by Crippen LogP contribution is -2.47. The molecule has 1 aliphatic rings. The lowest BCUT2D eigenvalue weighted by Gasteiger charge is -2.31. The summed E-state index contributed by atoms with van der Waals surface area (Å²) in [7, 11) is 0. The van der Waals surface area contributed by atoms with Gasteiger partial charge in [-0.05, 0) is 49.6 Å². The van der Waals surface area contributed by atoms with Crippen LogP contribution in [0.15, 0.2) is 47.1 Å². The minimum Gasteiger partial charge on any atom is -0.439 e. The molecule has 0 bridgehead atoms. The third-order valence-electron chi connectivity index (χ3n) is 4.90. The molecular weight excluding hydrogens is 448 g/mol. The Kier molecular flexibility index (Phi) is 8.21. The van der Waals surface area contributed by atoms with Gasteiger partial charge < -0.3 is 15.4 Å². The average Bonchev–Trinajstić information content (AvgIpc) is 2.76. The van der Waals surface area contributed by atoms with Crippen molar-refractivity contribution in [2.75, 3.05) is 26.2 Å². The highest BCUT2D eigenvalue weighted by Gasteiger charge is 2.22. The maximum Gasteiger partial charge on any atom is 0.253 e. The van der Waals surface area contributed by atoms with Crippen LogP contribution in [0, 0.1) is 0 Å². The number of carbonyl (C=O) groups is 2. The van der Waals surface area contributed by atoms with Gasteiger partial charge in [0.1, 0.15) is 5.75 Å². The lowest BCUT2D eigenvalue weighted by molar-refractivity contribution is -0.122. The second-order valence-corrected chi connectivity index (χ2v) is 8.23. The molecule has 8 heteroatoms.